The van der Waals surface area contributed by atoms with Crippen LogP contribution in [0.25, 0.3) is 0 Å². The number of methoxy groups -OCH3 is 5. The van der Waals surface area contributed by atoms with Crippen molar-refractivity contribution in [1.29, 1.82) is 0 Å². The number of hydrogen-bond acceptors (Lipinski definition) is 19. The van der Waals surface area contributed by atoms with E-state index in [1.165, 1.54) is 14.2 Å². The Morgan fingerprint density at radius 1 is 0.632 bits per heavy atom. The van der Waals surface area contributed by atoms with Crippen LogP contribution in [0.5, 0.6) is 0 Å². The molecule has 4 heterocycles. The van der Waals surface area contributed by atoms with Gasteiger partial charge in [-0.25, -0.2) is 14.4 Å². The van der Waals surface area contributed by atoms with Gasteiger partial charge in [-0.15, -0.1) is 0 Å². The highest BCUT2D eigenvalue weighted by molar-refractivity contribution is 9.39. The van der Waals surface area contributed by atoms with Gasteiger partial charge in [-0.3, -0.25) is 33.6 Å². The summed E-state index contributed by atoms with van der Waals surface area (Å²) in [4.78, 5) is 142. The number of alkyl halides is 3. The molecule has 3 aromatic rings. The van der Waals surface area contributed by atoms with Crippen molar-refractivity contribution in [3.8, 4) is 0 Å². The fraction of sp³-hybridized carbons (Fsp3) is 0.490. The average Bonchev–Trinajstić information content (AvgIpc) is 4.06. The molecule has 0 spiro atoms. The van der Waals surface area contributed by atoms with Crippen molar-refractivity contribution in [2.24, 2.45) is 5.41 Å². The third-order valence-electron chi connectivity index (χ3n) is 12.7. The zero-order valence-corrected chi connectivity index (χ0v) is 47.5. The predicted octanol–water partition coefficient (Wildman–Crippen LogP) is 5.13. The van der Waals surface area contributed by atoms with E-state index >= 15 is 0 Å². The number of benzene rings is 1. The van der Waals surface area contributed by atoms with Crippen molar-refractivity contribution in [2.45, 2.75) is 105 Å². The molecular weight excluding hydrogens is 1200 g/mol. The fourth-order valence-electron chi connectivity index (χ4n) is 8.90. The highest BCUT2D eigenvalue weighted by atomic mass is 80.0. The van der Waals surface area contributed by atoms with E-state index in [0.717, 1.165) is 21.3 Å². The van der Waals surface area contributed by atoms with Crippen LogP contribution in [-0.2, 0) is 126 Å². The Morgan fingerprint density at radius 2 is 1.13 bits per heavy atom. The van der Waals surface area contributed by atoms with Gasteiger partial charge in [0, 0.05) is 54.5 Å². The van der Waals surface area contributed by atoms with Crippen LogP contribution in [0.15, 0.2) is 41.5 Å². The monoisotopic (exact) mass is 1250 g/mol. The average molecular weight is 1260 g/mol. The zero-order chi connectivity index (χ0) is 56.1. The minimum absolute atomic E-state index is 0.00619. The highest BCUT2D eigenvalue weighted by Gasteiger charge is 2.50. The molecule has 1 fully saturated rings. The molecule has 0 bridgehead atoms. The largest absolute Gasteiger partial charge is 0.469 e. The van der Waals surface area contributed by atoms with E-state index in [4.69, 9.17) is 42.6 Å². The van der Waals surface area contributed by atoms with E-state index in [-0.39, 0.29) is 115 Å². The van der Waals surface area contributed by atoms with Gasteiger partial charge in [-0.05, 0) is 52.7 Å². The minimum Gasteiger partial charge on any atom is -0.469 e. The van der Waals surface area contributed by atoms with Crippen LogP contribution in [0, 0.1) is 5.41 Å². The molecule has 25 heteroatoms. The van der Waals surface area contributed by atoms with Gasteiger partial charge in [0.25, 0.3) is 0 Å². The number of ether oxygens (including phenoxy) is 9. The number of amides is 1. The molecule has 412 valence electrons. The normalized spacial score (nSPS) is 16.8. The van der Waals surface area contributed by atoms with Crippen molar-refractivity contribution in [1.82, 2.24) is 15.3 Å². The number of rotatable bonds is 25. The first-order valence-corrected chi connectivity index (χ1v) is 25.9. The lowest BCUT2D eigenvalue weighted by molar-refractivity contribution is -0.162. The Morgan fingerprint density at radius 3 is 1.66 bits per heavy atom. The molecule has 0 saturated carbocycles. The Kier molecular flexibility index (Phi) is 21.2. The van der Waals surface area contributed by atoms with Crippen LogP contribution in [0.4, 0.5) is 0 Å². The fourth-order valence-corrected chi connectivity index (χ4v) is 9.24. The number of nitrogens with one attached hydrogen (secondary N) is 3. The maximum atomic E-state index is 14.8. The number of halogens is 3. The predicted molar refractivity (Wildman–Crippen MR) is 275 cm³/mol. The molecule has 2 aliphatic rings. The highest BCUT2D eigenvalue weighted by Crippen LogP contribution is 2.42. The van der Waals surface area contributed by atoms with Crippen molar-refractivity contribution in [3.05, 3.63) is 92.1 Å². The van der Waals surface area contributed by atoms with Crippen LogP contribution < -0.4 is 5.32 Å². The van der Waals surface area contributed by atoms with Crippen LogP contribution in [0.2, 0.25) is 0 Å². The van der Waals surface area contributed by atoms with Gasteiger partial charge in [0.05, 0.1) is 60.4 Å². The van der Waals surface area contributed by atoms with Crippen LogP contribution >= 0.6 is 47.8 Å². The quantitative estimate of drug-likeness (QED) is 0.0563. The number of aromatic amines is 2. The number of carbonyl (C=O) groups is 10. The Labute approximate surface area is 462 Å². The Balaban J connectivity index is 1.86. The number of hydrogen-bond donors (Lipinski definition) is 3. The molecular formula is C51H58Br3N3O19. The smallest absolute Gasteiger partial charge is 0.355 e. The van der Waals surface area contributed by atoms with Crippen molar-refractivity contribution < 1.29 is 90.6 Å². The van der Waals surface area contributed by atoms with E-state index in [9.17, 15) is 47.9 Å². The van der Waals surface area contributed by atoms with Crippen molar-refractivity contribution in [2.75, 3.05) is 48.8 Å². The maximum absolute atomic E-state index is 14.8. The SMILES string of the molecule is COC(=O)CCC1=C(CC(=O)O[C@H]2C(=O)OCC2(C)C)C(Cc2[nH]c(C(=O)OCC(Br)(Br)Br)c(CCC(=O)OC)c2CC(=O)OC)(Cc2[nH]c(C(=O)OCc3ccccc3)c(CC(=O)OC)c2CCC(=O)OC)NC1=O. The Hall–Kier alpha value is -6.34. The third-order valence-corrected chi connectivity index (χ3v) is 13.4. The topological polar surface area (TPSA) is 297 Å². The number of cyclic esters (lactones) is 1. The first-order chi connectivity index (χ1) is 35.9. The van der Waals surface area contributed by atoms with Crippen LogP contribution in [0.3, 0.4) is 0 Å². The molecule has 1 saturated heterocycles. The zero-order valence-electron chi connectivity index (χ0n) is 42.8. The standard InChI is InChI=1S/C51H58Br3N3O19/c1-49(2)25-74-48(67)44(49)76-41(63)21-33-30(15-18-38(60)70-5)45(64)57-50(33,23-35-31(19-39(61)71-6)29(14-17-37(59)69-4)42(56-35)47(66)75-26-51(52,53)54)22-34-28(13-16-36(58)68-3)32(20-40(62)72-7)43(55-34)46(65)73-24-27-11-9-8-10-12-27/h8-12,44,55-56H,13-26H2,1-7H3,(H,57,64)/t44-,50?/m0/s1. The van der Waals surface area contributed by atoms with E-state index in [1.54, 1.807) is 44.2 Å². The number of esters is 9. The molecule has 1 aromatic carbocycles. The van der Waals surface area contributed by atoms with E-state index < -0.39 is 111 Å². The summed E-state index contributed by atoms with van der Waals surface area (Å²) in [6.07, 6.45) is -5.75. The molecule has 3 N–H and O–H groups in total. The molecule has 2 aliphatic heterocycles. The molecule has 2 atom stereocenters. The van der Waals surface area contributed by atoms with Gasteiger partial charge in [-0.1, -0.05) is 92.0 Å². The summed E-state index contributed by atoms with van der Waals surface area (Å²) in [7, 11) is 5.76. The Bertz CT molecular complexity index is 2760. The molecule has 0 radical (unpaired) electrons. The molecule has 22 nitrogen and oxygen atoms in total. The van der Waals surface area contributed by atoms with Gasteiger partial charge in [0.2, 0.25) is 12.0 Å². The molecule has 1 amide bonds. The summed E-state index contributed by atoms with van der Waals surface area (Å²) in [5, 5.41) is 3.02. The van der Waals surface area contributed by atoms with Gasteiger partial charge in [0.1, 0.15) is 31.2 Å². The number of carbonyl (C=O) groups excluding carboxylic acids is 10. The number of H-pyrrole nitrogens is 2. The van der Waals surface area contributed by atoms with Crippen LogP contribution in [0.1, 0.15) is 106 Å². The minimum atomic E-state index is -1.93. The van der Waals surface area contributed by atoms with E-state index in [0.29, 0.717) is 5.56 Å². The maximum Gasteiger partial charge on any atom is 0.355 e. The lowest BCUT2D eigenvalue weighted by Crippen LogP contribution is -2.49. The molecule has 5 rings (SSSR count). The molecule has 0 aliphatic carbocycles. The van der Waals surface area contributed by atoms with E-state index in [2.05, 4.69) is 63.1 Å². The second-order valence-corrected chi connectivity index (χ2v) is 25.6. The van der Waals surface area contributed by atoms with Crippen LogP contribution in [-0.4, -0.2) is 132 Å². The number of aromatic nitrogens is 2. The third kappa shape index (κ3) is 15.6. The second kappa shape index (κ2) is 26.6. The summed E-state index contributed by atoms with van der Waals surface area (Å²) < 4.78 is 46.3. The van der Waals surface area contributed by atoms with Gasteiger partial charge >= 0.3 is 53.7 Å². The summed E-state index contributed by atoms with van der Waals surface area (Å²) >= 11 is 9.90. The van der Waals surface area contributed by atoms with Gasteiger partial charge in [-0.2, -0.15) is 0 Å². The summed E-state index contributed by atoms with van der Waals surface area (Å²) in [6.45, 7) is 2.72. The molecule has 2 aromatic heterocycles. The van der Waals surface area contributed by atoms with E-state index in [1.807, 2.05) is 0 Å². The summed E-state index contributed by atoms with van der Waals surface area (Å²) in [5.41, 5.74) is -2.12. The molecule has 1 unspecified atom stereocenters. The van der Waals surface area contributed by atoms with Gasteiger partial charge in [0.15, 0.2) is 2.14 Å². The lowest BCUT2D eigenvalue weighted by Gasteiger charge is -2.34. The van der Waals surface area contributed by atoms with Crippen molar-refractivity contribution >= 4 is 107 Å². The second-order valence-electron chi connectivity index (χ2n) is 18.3. The molecule has 76 heavy (non-hydrogen) atoms. The summed E-state index contributed by atoms with van der Waals surface area (Å²) in [6, 6.07) is 8.72. The van der Waals surface area contributed by atoms with Crippen molar-refractivity contribution in [3.63, 3.8) is 0 Å². The first kappa shape index (κ1) is 60.5. The van der Waals surface area contributed by atoms with Gasteiger partial charge < -0.3 is 57.9 Å². The first-order valence-electron chi connectivity index (χ1n) is 23.5. The summed E-state index contributed by atoms with van der Waals surface area (Å²) in [5.74, 6) is -8.15. The lowest BCUT2D eigenvalue weighted by atomic mass is 9.77.